The van der Waals surface area contributed by atoms with Gasteiger partial charge in [0.25, 0.3) is 0 Å². The summed E-state index contributed by atoms with van der Waals surface area (Å²) in [4.78, 5) is 14.6. The number of nitrogens with zero attached hydrogens (tertiary/aromatic N) is 1. The van der Waals surface area contributed by atoms with Gasteiger partial charge in [0, 0.05) is 6.54 Å². The Morgan fingerprint density at radius 1 is 1.35 bits per heavy atom. The van der Waals surface area contributed by atoms with Crippen molar-refractivity contribution in [3.05, 3.63) is 24.3 Å². The average molecular weight is 340 g/mol. The van der Waals surface area contributed by atoms with Crippen molar-refractivity contribution in [1.82, 2.24) is 10.2 Å². The van der Waals surface area contributed by atoms with Gasteiger partial charge in [-0.05, 0) is 56.9 Å². The zero-order valence-electron chi connectivity index (χ0n) is 13.6. The van der Waals surface area contributed by atoms with E-state index >= 15 is 0 Å². The summed E-state index contributed by atoms with van der Waals surface area (Å²) in [6.45, 7) is 7.28. The van der Waals surface area contributed by atoms with Gasteiger partial charge >= 0.3 is 0 Å². The van der Waals surface area contributed by atoms with Crippen LogP contribution in [0.3, 0.4) is 0 Å². The molecule has 2 N–H and O–H groups in total. The predicted molar refractivity (Wildman–Crippen MR) is 94.4 cm³/mol. The molecule has 0 radical (unpaired) electrons. The molecule has 2 fully saturated rings. The van der Waals surface area contributed by atoms with E-state index in [1.54, 1.807) is 0 Å². The molecule has 1 amide bonds. The van der Waals surface area contributed by atoms with E-state index in [2.05, 4.69) is 15.5 Å². The fourth-order valence-corrected chi connectivity index (χ4v) is 3.50. The molecule has 2 unspecified atom stereocenters. The average Bonchev–Trinajstić information content (AvgIpc) is 2.97. The number of para-hydroxylation sites is 2. The third-order valence-corrected chi connectivity index (χ3v) is 4.62. The van der Waals surface area contributed by atoms with E-state index in [9.17, 15) is 4.79 Å². The van der Waals surface area contributed by atoms with E-state index in [4.69, 9.17) is 4.74 Å². The number of carbonyl (C=O) groups is 1. The second-order valence-electron chi connectivity index (χ2n) is 6.18. The number of rotatable bonds is 5. The molecule has 6 heteroatoms. The highest BCUT2D eigenvalue weighted by molar-refractivity contribution is 5.93. The van der Waals surface area contributed by atoms with Crippen molar-refractivity contribution in [2.45, 2.75) is 13.3 Å². The Morgan fingerprint density at radius 3 is 2.96 bits per heavy atom. The largest absolute Gasteiger partial charge is 0.492 e. The van der Waals surface area contributed by atoms with Crippen LogP contribution in [0.2, 0.25) is 0 Å². The standard InChI is InChI=1S/C17H25N3O2.ClH/c1-2-22-16-6-4-3-5-15(16)19-17(21)12-20-8-7-13-9-18-10-14(13)11-20;/h3-6,13-14,18H,2,7-12H2,1H3,(H,19,21);1H. The Balaban J connectivity index is 0.00000192. The number of piperidine rings is 1. The lowest BCUT2D eigenvalue weighted by molar-refractivity contribution is -0.117. The molecule has 0 aromatic heterocycles. The van der Waals surface area contributed by atoms with Gasteiger partial charge in [-0.1, -0.05) is 12.1 Å². The molecule has 0 bridgehead atoms. The van der Waals surface area contributed by atoms with Crippen LogP contribution in [0.5, 0.6) is 5.75 Å². The zero-order chi connectivity index (χ0) is 15.4. The van der Waals surface area contributed by atoms with E-state index in [0.29, 0.717) is 19.1 Å². The Morgan fingerprint density at radius 2 is 2.13 bits per heavy atom. The van der Waals surface area contributed by atoms with Gasteiger partial charge < -0.3 is 15.4 Å². The summed E-state index contributed by atoms with van der Waals surface area (Å²) in [5.74, 6) is 2.28. The molecule has 3 rings (SSSR count). The highest BCUT2D eigenvalue weighted by Crippen LogP contribution is 2.27. The number of nitrogens with one attached hydrogen (secondary N) is 2. The normalized spacial score (nSPS) is 23.7. The molecule has 0 saturated carbocycles. The van der Waals surface area contributed by atoms with Crippen molar-refractivity contribution in [3.8, 4) is 5.75 Å². The molecule has 23 heavy (non-hydrogen) atoms. The molecule has 2 aliphatic heterocycles. The molecule has 5 nitrogen and oxygen atoms in total. The first-order valence-corrected chi connectivity index (χ1v) is 8.21. The summed E-state index contributed by atoms with van der Waals surface area (Å²) in [5, 5.41) is 6.44. The second-order valence-corrected chi connectivity index (χ2v) is 6.18. The minimum absolute atomic E-state index is 0. The second kappa shape index (κ2) is 8.52. The minimum Gasteiger partial charge on any atom is -0.492 e. The molecule has 2 aliphatic rings. The van der Waals surface area contributed by atoms with E-state index in [1.165, 1.54) is 6.42 Å². The molecule has 2 heterocycles. The van der Waals surface area contributed by atoms with Crippen LogP contribution < -0.4 is 15.4 Å². The van der Waals surface area contributed by atoms with Crippen molar-refractivity contribution in [3.63, 3.8) is 0 Å². The Labute approximate surface area is 144 Å². The SMILES string of the molecule is CCOc1ccccc1NC(=O)CN1CCC2CNCC2C1.Cl. The highest BCUT2D eigenvalue weighted by Gasteiger charge is 2.33. The van der Waals surface area contributed by atoms with Crippen LogP contribution in [0, 0.1) is 11.8 Å². The van der Waals surface area contributed by atoms with Crippen LogP contribution in [0.4, 0.5) is 5.69 Å². The number of amides is 1. The van der Waals surface area contributed by atoms with Gasteiger partial charge in [-0.3, -0.25) is 9.69 Å². The van der Waals surface area contributed by atoms with Crippen molar-refractivity contribution < 1.29 is 9.53 Å². The lowest BCUT2D eigenvalue weighted by Gasteiger charge is -2.33. The van der Waals surface area contributed by atoms with Crippen LogP contribution in [-0.4, -0.2) is 50.1 Å². The van der Waals surface area contributed by atoms with E-state index < -0.39 is 0 Å². The first-order chi connectivity index (χ1) is 10.8. The van der Waals surface area contributed by atoms with Crippen LogP contribution >= 0.6 is 12.4 Å². The molecule has 128 valence electrons. The molecule has 0 spiro atoms. The summed E-state index contributed by atoms with van der Waals surface area (Å²) in [6.07, 6.45) is 1.19. The number of carbonyl (C=O) groups excluding carboxylic acids is 1. The molecule has 2 saturated heterocycles. The van der Waals surface area contributed by atoms with Gasteiger partial charge in [0.05, 0.1) is 18.8 Å². The lowest BCUT2D eigenvalue weighted by Crippen LogP contribution is -2.43. The topological polar surface area (TPSA) is 53.6 Å². The number of halogens is 1. The number of benzene rings is 1. The number of ether oxygens (including phenoxy) is 1. The summed E-state index contributed by atoms with van der Waals surface area (Å²) >= 11 is 0. The summed E-state index contributed by atoms with van der Waals surface area (Å²) in [5.41, 5.74) is 0.756. The predicted octanol–water partition coefficient (Wildman–Crippen LogP) is 1.99. The van der Waals surface area contributed by atoms with Gasteiger partial charge in [-0.25, -0.2) is 0 Å². The van der Waals surface area contributed by atoms with Crippen LogP contribution in [0.25, 0.3) is 0 Å². The minimum atomic E-state index is 0. The van der Waals surface area contributed by atoms with Crippen molar-refractivity contribution >= 4 is 24.0 Å². The summed E-state index contributed by atoms with van der Waals surface area (Å²) < 4.78 is 5.55. The quantitative estimate of drug-likeness (QED) is 0.861. The first-order valence-electron chi connectivity index (χ1n) is 8.21. The smallest absolute Gasteiger partial charge is 0.238 e. The molecular formula is C17H26ClN3O2. The van der Waals surface area contributed by atoms with Crippen LogP contribution in [0.1, 0.15) is 13.3 Å². The van der Waals surface area contributed by atoms with Gasteiger partial charge in [0.15, 0.2) is 0 Å². The molecule has 0 aliphatic carbocycles. The van der Waals surface area contributed by atoms with Gasteiger partial charge in [-0.15, -0.1) is 12.4 Å². The van der Waals surface area contributed by atoms with Gasteiger partial charge in [-0.2, -0.15) is 0 Å². The van der Waals surface area contributed by atoms with Crippen molar-refractivity contribution in [2.75, 3.05) is 44.6 Å². The molecular weight excluding hydrogens is 314 g/mol. The fraction of sp³-hybridized carbons (Fsp3) is 0.588. The molecule has 1 aromatic carbocycles. The van der Waals surface area contributed by atoms with Crippen LogP contribution in [-0.2, 0) is 4.79 Å². The molecule has 1 aromatic rings. The van der Waals surface area contributed by atoms with Crippen molar-refractivity contribution in [2.24, 2.45) is 11.8 Å². The van der Waals surface area contributed by atoms with E-state index in [1.807, 2.05) is 31.2 Å². The fourth-order valence-electron chi connectivity index (χ4n) is 3.50. The monoisotopic (exact) mass is 339 g/mol. The third kappa shape index (κ3) is 4.59. The number of fused-ring (bicyclic) bond motifs is 1. The number of hydrogen-bond donors (Lipinski definition) is 2. The Bertz CT molecular complexity index is 526. The molecule has 2 atom stereocenters. The Kier molecular flexibility index (Phi) is 6.69. The van der Waals surface area contributed by atoms with Crippen molar-refractivity contribution in [1.29, 1.82) is 0 Å². The first kappa shape index (κ1) is 18.0. The summed E-state index contributed by atoms with van der Waals surface area (Å²) in [6, 6.07) is 7.59. The van der Waals surface area contributed by atoms with Gasteiger partial charge in [0.1, 0.15) is 5.75 Å². The van der Waals surface area contributed by atoms with Crippen LogP contribution in [0.15, 0.2) is 24.3 Å². The van der Waals surface area contributed by atoms with E-state index in [0.717, 1.165) is 43.5 Å². The maximum Gasteiger partial charge on any atom is 0.238 e. The third-order valence-electron chi connectivity index (χ3n) is 4.62. The number of likely N-dealkylation sites (tertiary alicyclic amines) is 1. The lowest BCUT2D eigenvalue weighted by atomic mass is 9.89. The maximum atomic E-state index is 12.3. The Hall–Kier alpha value is -1.30. The van der Waals surface area contributed by atoms with E-state index in [-0.39, 0.29) is 18.3 Å². The maximum absolute atomic E-state index is 12.3. The number of anilines is 1. The zero-order valence-corrected chi connectivity index (χ0v) is 14.4. The summed E-state index contributed by atoms with van der Waals surface area (Å²) in [7, 11) is 0. The highest BCUT2D eigenvalue weighted by atomic mass is 35.5. The van der Waals surface area contributed by atoms with Gasteiger partial charge in [0.2, 0.25) is 5.91 Å². The number of hydrogen-bond acceptors (Lipinski definition) is 4.